The number of hydrogen-bond donors (Lipinski definition) is 1. The average Bonchev–Trinajstić information content (AvgIpc) is 1.59. The van der Waals surface area contributed by atoms with Crippen LogP contribution >= 0.6 is 0 Å². The molecule has 0 aromatic carbocycles. The maximum Gasteiger partial charge on any atom is 0.140 e. The molecule has 0 aromatic heterocycles. The molecule has 0 amide bonds. The van der Waals surface area contributed by atoms with Gasteiger partial charge in [0.25, 0.3) is 0 Å². The zero-order chi connectivity index (χ0) is 8.20. The number of nitrogens with zero attached hydrogens (tertiary/aromatic N) is 1. The van der Waals surface area contributed by atoms with Crippen LogP contribution < -0.4 is 0 Å². The molecule has 0 saturated carbocycles. The summed E-state index contributed by atoms with van der Waals surface area (Å²) in [6, 6.07) is 0. The van der Waals surface area contributed by atoms with Gasteiger partial charge in [0, 0.05) is 0 Å². The SMILES string of the molecule is CC(O)C#CC[N+](C)(C)C. The Morgan fingerprint density at radius 3 is 2.20 bits per heavy atom. The van der Waals surface area contributed by atoms with Crippen LogP contribution in [0.15, 0.2) is 0 Å². The van der Waals surface area contributed by atoms with Gasteiger partial charge in [0.05, 0.1) is 21.1 Å². The van der Waals surface area contributed by atoms with Crippen LogP contribution in [0.4, 0.5) is 0 Å². The second-order valence-electron chi connectivity index (χ2n) is 3.45. The molecule has 0 spiro atoms. The first-order valence-corrected chi connectivity index (χ1v) is 3.39. The summed E-state index contributed by atoms with van der Waals surface area (Å²) >= 11 is 0. The Morgan fingerprint density at radius 1 is 1.40 bits per heavy atom. The Bertz CT molecular complexity index is 145. The second kappa shape index (κ2) is 3.60. The minimum Gasteiger partial charge on any atom is -0.381 e. The molecule has 0 rings (SSSR count). The quantitative estimate of drug-likeness (QED) is 0.406. The Labute approximate surface area is 63.1 Å². The highest BCUT2D eigenvalue weighted by Crippen LogP contribution is 1.86. The van der Waals surface area contributed by atoms with E-state index in [4.69, 9.17) is 5.11 Å². The highest BCUT2D eigenvalue weighted by Gasteiger charge is 2.01. The molecule has 0 aromatic rings. The zero-order valence-corrected chi connectivity index (χ0v) is 7.18. The van der Waals surface area contributed by atoms with E-state index < -0.39 is 6.10 Å². The topological polar surface area (TPSA) is 20.2 Å². The van der Waals surface area contributed by atoms with Gasteiger partial charge in [-0.05, 0) is 12.8 Å². The van der Waals surface area contributed by atoms with Gasteiger partial charge < -0.3 is 9.59 Å². The minimum absolute atomic E-state index is 0.494. The van der Waals surface area contributed by atoms with Gasteiger partial charge in [-0.1, -0.05) is 5.92 Å². The highest BCUT2D eigenvalue weighted by molar-refractivity contribution is 5.02. The summed E-state index contributed by atoms with van der Waals surface area (Å²) in [6.07, 6.45) is -0.494. The molecule has 10 heavy (non-hydrogen) atoms. The van der Waals surface area contributed by atoms with Gasteiger partial charge in [-0.15, -0.1) is 0 Å². The van der Waals surface area contributed by atoms with Crippen LogP contribution in [0, 0.1) is 11.8 Å². The van der Waals surface area contributed by atoms with E-state index >= 15 is 0 Å². The van der Waals surface area contributed by atoms with Crippen molar-refractivity contribution in [2.45, 2.75) is 13.0 Å². The molecule has 58 valence electrons. The highest BCUT2D eigenvalue weighted by atomic mass is 16.3. The normalized spacial score (nSPS) is 13.7. The Hall–Kier alpha value is -0.520. The van der Waals surface area contributed by atoms with Crippen LogP contribution in [-0.4, -0.2) is 43.4 Å². The summed E-state index contributed by atoms with van der Waals surface area (Å²) in [4.78, 5) is 0. The predicted octanol–water partition coefficient (Wildman–Crippen LogP) is 0.0768. The first-order chi connectivity index (χ1) is 4.42. The van der Waals surface area contributed by atoms with Crippen molar-refractivity contribution in [1.29, 1.82) is 0 Å². The largest absolute Gasteiger partial charge is 0.381 e. The smallest absolute Gasteiger partial charge is 0.140 e. The molecule has 0 aliphatic carbocycles. The van der Waals surface area contributed by atoms with Crippen LogP contribution in [0.25, 0.3) is 0 Å². The van der Waals surface area contributed by atoms with E-state index in [2.05, 4.69) is 33.0 Å². The maximum absolute atomic E-state index is 8.77. The molecule has 1 atom stereocenters. The monoisotopic (exact) mass is 142 g/mol. The maximum atomic E-state index is 8.77. The van der Waals surface area contributed by atoms with E-state index in [0.29, 0.717) is 0 Å². The molecule has 0 saturated heterocycles. The number of aliphatic hydroxyl groups is 1. The van der Waals surface area contributed by atoms with E-state index in [1.165, 1.54) is 0 Å². The van der Waals surface area contributed by atoms with Gasteiger partial charge in [0.1, 0.15) is 12.6 Å². The molecule has 1 unspecified atom stereocenters. The Balaban J connectivity index is 3.67. The van der Waals surface area contributed by atoms with Crippen molar-refractivity contribution in [2.24, 2.45) is 0 Å². The number of rotatable bonds is 1. The van der Waals surface area contributed by atoms with Crippen LogP contribution in [0.1, 0.15) is 6.92 Å². The van der Waals surface area contributed by atoms with E-state index in [-0.39, 0.29) is 0 Å². The van der Waals surface area contributed by atoms with Crippen molar-refractivity contribution in [1.82, 2.24) is 0 Å². The molecule has 0 radical (unpaired) electrons. The first kappa shape index (κ1) is 9.48. The summed E-state index contributed by atoms with van der Waals surface area (Å²) in [5, 5.41) is 8.77. The number of aliphatic hydroxyl groups excluding tert-OH is 1. The summed E-state index contributed by atoms with van der Waals surface area (Å²) in [5.41, 5.74) is 0. The summed E-state index contributed by atoms with van der Waals surface area (Å²) in [7, 11) is 6.20. The van der Waals surface area contributed by atoms with Gasteiger partial charge in [-0.25, -0.2) is 0 Å². The molecule has 2 heteroatoms. The third-order valence-electron chi connectivity index (χ3n) is 0.864. The second-order valence-corrected chi connectivity index (χ2v) is 3.45. The summed E-state index contributed by atoms with van der Waals surface area (Å²) in [5.74, 6) is 5.59. The number of hydrogen-bond acceptors (Lipinski definition) is 1. The van der Waals surface area contributed by atoms with Crippen LogP contribution in [-0.2, 0) is 0 Å². The van der Waals surface area contributed by atoms with E-state index in [1.54, 1.807) is 6.92 Å². The predicted molar refractivity (Wildman–Crippen MR) is 42.4 cm³/mol. The van der Waals surface area contributed by atoms with Crippen molar-refractivity contribution in [3.05, 3.63) is 0 Å². The van der Waals surface area contributed by atoms with E-state index in [0.717, 1.165) is 11.0 Å². The fraction of sp³-hybridized carbons (Fsp3) is 0.750. The van der Waals surface area contributed by atoms with Crippen molar-refractivity contribution in [2.75, 3.05) is 27.7 Å². The average molecular weight is 142 g/mol. The van der Waals surface area contributed by atoms with Gasteiger partial charge >= 0.3 is 0 Å². The fourth-order valence-electron chi connectivity index (χ4n) is 0.431. The zero-order valence-electron chi connectivity index (χ0n) is 7.18. The van der Waals surface area contributed by atoms with Crippen LogP contribution in [0.3, 0.4) is 0 Å². The van der Waals surface area contributed by atoms with E-state index in [1.807, 2.05) is 0 Å². The molecule has 1 N–H and O–H groups in total. The summed E-state index contributed by atoms with van der Waals surface area (Å²) in [6.45, 7) is 2.45. The van der Waals surface area contributed by atoms with Crippen molar-refractivity contribution >= 4 is 0 Å². The first-order valence-electron chi connectivity index (χ1n) is 3.39. The van der Waals surface area contributed by atoms with Gasteiger partial charge in [0.15, 0.2) is 0 Å². The lowest BCUT2D eigenvalue weighted by Crippen LogP contribution is -2.34. The van der Waals surface area contributed by atoms with E-state index in [9.17, 15) is 0 Å². The van der Waals surface area contributed by atoms with Crippen LogP contribution in [0.5, 0.6) is 0 Å². The van der Waals surface area contributed by atoms with Crippen molar-refractivity contribution in [3.8, 4) is 11.8 Å². The lowest BCUT2D eigenvalue weighted by molar-refractivity contribution is -0.862. The minimum atomic E-state index is -0.494. The fourth-order valence-corrected chi connectivity index (χ4v) is 0.431. The molecular weight excluding hydrogens is 126 g/mol. The van der Waals surface area contributed by atoms with Crippen molar-refractivity contribution in [3.63, 3.8) is 0 Å². The third kappa shape index (κ3) is 7.48. The molecule has 0 aliphatic rings. The molecular formula is C8H16NO+. The molecule has 2 nitrogen and oxygen atoms in total. The van der Waals surface area contributed by atoms with Crippen molar-refractivity contribution < 1.29 is 9.59 Å². The van der Waals surface area contributed by atoms with Crippen LogP contribution in [0.2, 0.25) is 0 Å². The lowest BCUT2D eigenvalue weighted by atomic mass is 10.4. The number of quaternary nitrogens is 1. The Morgan fingerprint density at radius 2 is 1.90 bits per heavy atom. The third-order valence-corrected chi connectivity index (χ3v) is 0.864. The van der Waals surface area contributed by atoms with Gasteiger partial charge in [0.2, 0.25) is 0 Å². The molecule has 0 fully saturated rings. The standard InChI is InChI=1S/C8H16NO/c1-8(10)6-5-7-9(2,3)4/h8,10H,7H2,1-4H3/q+1. The Kier molecular flexibility index (Phi) is 3.41. The molecule has 0 aliphatic heterocycles. The summed E-state index contributed by atoms with van der Waals surface area (Å²) < 4.78 is 0.819. The molecule has 0 heterocycles. The molecule has 0 bridgehead atoms. The van der Waals surface area contributed by atoms with Gasteiger partial charge in [-0.2, -0.15) is 0 Å². The van der Waals surface area contributed by atoms with Gasteiger partial charge in [-0.3, -0.25) is 0 Å². The lowest BCUT2D eigenvalue weighted by Gasteiger charge is -2.20.